The molecule has 1 atom stereocenters. The highest BCUT2D eigenvalue weighted by atomic mass is 16.5. The summed E-state index contributed by atoms with van der Waals surface area (Å²) < 4.78 is 7.16. The fraction of sp³-hybridized carbons (Fsp3) is 0.368. The maximum atomic E-state index is 12.2. The molecule has 3 aromatic rings. The van der Waals surface area contributed by atoms with Crippen LogP contribution in [0.3, 0.4) is 0 Å². The Balaban J connectivity index is 1.47. The van der Waals surface area contributed by atoms with Gasteiger partial charge in [0.15, 0.2) is 5.65 Å². The monoisotopic (exact) mass is 366 g/mol. The first-order chi connectivity index (χ1) is 13.1. The van der Waals surface area contributed by atoms with Gasteiger partial charge in [0.25, 0.3) is 5.91 Å². The topological polar surface area (TPSA) is 94.0 Å². The van der Waals surface area contributed by atoms with Crippen LogP contribution in [0.1, 0.15) is 24.2 Å². The summed E-state index contributed by atoms with van der Waals surface area (Å²) in [5, 5.41) is 11.4. The number of aromatic nitrogens is 4. The van der Waals surface area contributed by atoms with Gasteiger partial charge in [-0.3, -0.25) is 9.48 Å². The SMILES string of the molecule is Cc1nc(NCc2cccc(NC(=O)C3CCCO3)c2)c2cnn(C)c2n1. The predicted octanol–water partition coefficient (Wildman–Crippen LogP) is 2.40. The number of hydrogen-bond donors (Lipinski definition) is 2. The highest BCUT2D eigenvalue weighted by molar-refractivity contribution is 5.94. The Hall–Kier alpha value is -3.00. The molecule has 1 amide bonds. The van der Waals surface area contributed by atoms with E-state index < -0.39 is 0 Å². The summed E-state index contributed by atoms with van der Waals surface area (Å²) in [6.45, 7) is 3.09. The second-order valence-electron chi connectivity index (χ2n) is 6.67. The van der Waals surface area contributed by atoms with Crippen LogP contribution >= 0.6 is 0 Å². The van der Waals surface area contributed by atoms with E-state index in [9.17, 15) is 4.79 Å². The summed E-state index contributed by atoms with van der Waals surface area (Å²) in [5.41, 5.74) is 2.59. The van der Waals surface area contributed by atoms with Crippen molar-refractivity contribution in [3.05, 3.63) is 41.9 Å². The summed E-state index contributed by atoms with van der Waals surface area (Å²) in [4.78, 5) is 21.1. The number of benzene rings is 1. The van der Waals surface area contributed by atoms with Crippen molar-refractivity contribution in [2.45, 2.75) is 32.4 Å². The van der Waals surface area contributed by atoms with Crippen LogP contribution in [0.5, 0.6) is 0 Å². The van der Waals surface area contributed by atoms with E-state index in [1.165, 1.54) is 0 Å². The molecule has 0 bridgehead atoms. The Labute approximate surface area is 157 Å². The van der Waals surface area contributed by atoms with Crippen LogP contribution in [-0.2, 0) is 23.1 Å². The van der Waals surface area contributed by atoms with Crippen LogP contribution < -0.4 is 10.6 Å². The second-order valence-corrected chi connectivity index (χ2v) is 6.67. The summed E-state index contributed by atoms with van der Waals surface area (Å²) in [5.74, 6) is 1.35. The number of hydrogen-bond acceptors (Lipinski definition) is 6. The highest BCUT2D eigenvalue weighted by Gasteiger charge is 2.23. The minimum Gasteiger partial charge on any atom is -0.368 e. The normalized spacial score (nSPS) is 16.6. The quantitative estimate of drug-likeness (QED) is 0.720. The first kappa shape index (κ1) is 17.4. The van der Waals surface area contributed by atoms with Gasteiger partial charge in [0, 0.05) is 25.9 Å². The van der Waals surface area contributed by atoms with Crippen molar-refractivity contribution >= 4 is 28.4 Å². The molecule has 0 radical (unpaired) electrons. The van der Waals surface area contributed by atoms with Gasteiger partial charge in [-0.15, -0.1) is 0 Å². The lowest BCUT2D eigenvalue weighted by Gasteiger charge is -2.12. The third-order valence-electron chi connectivity index (χ3n) is 4.58. The number of nitrogens with zero attached hydrogens (tertiary/aromatic N) is 4. The number of rotatable bonds is 5. The van der Waals surface area contributed by atoms with Crippen molar-refractivity contribution in [3.63, 3.8) is 0 Å². The number of nitrogens with one attached hydrogen (secondary N) is 2. The minimum absolute atomic E-state index is 0.0823. The predicted molar refractivity (Wildman–Crippen MR) is 102 cm³/mol. The first-order valence-corrected chi connectivity index (χ1v) is 9.02. The lowest BCUT2D eigenvalue weighted by Crippen LogP contribution is -2.26. The van der Waals surface area contributed by atoms with E-state index in [1.807, 2.05) is 38.2 Å². The summed E-state index contributed by atoms with van der Waals surface area (Å²) in [6, 6.07) is 7.76. The molecule has 4 rings (SSSR count). The zero-order chi connectivity index (χ0) is 18.8. The van der Waals surface area contributed by atoms with Crippen LogP contribution in [0.25, 0.3) is 11.0 Å². The molecule has 0 aliphatic carbocycles. The maximum absolute atomic E-state index is 12.2. The van der Waals surface area contributed by atoms with Crippen LogP contribution in [0.15, 0.2) is 30.5 Å². The van der Waals surface area contributed by atoms with E-state index >= 15 is 0 Å². The Morgan fingerprint density at radius 1 is 1.37 bits per heavy atom. The van der Waals surface area contributed by atoms with Gasteiger partial charge in [-0.25, -0.2) is 9.97 Å². The molecule has 140 valence electrons. The molecular formula is C19H22N6O2. The zero-order valence-corrected chi connectivity index (χ0v) is 15.4. The van der Waals surface area contributed by atoms with Crippen molar-refractivity contribution in [2.24, 2.45) is 7.05 Å². The van der Waals surface area contributed by atoms with Gasteiger partial charge in [0.05, 0.1) is 11.6 Å². The van der Waals surface area contributed by atoms with Crippen LogP contribution in [0.4, 0.5) is 11.5 Å². The second kappa shape index (κ2) is 7.32. The third-order valence-corrected chi connectivity index (χ3v) is 4.58. The molecule has 2 N–H and O–H groups in total. The van der Waals surface area contributed by atoms with E-state index in [1.54, 1.807) is 10.9 Å². The zero-order valence-electron chi connectivity index (χ0n) is 15.4. The standard InChI is InChI=1S/C19H22N6O2/c1-12-22-17(15-11-21-25(2)18(15)23-12)20-10-13-5-3-6-14(9-13)24-19(26)16-7-4-8-27-16/h3,5-6,9,11,16H,4,7-8,10H2,1-2H3,(H,24,26)(H,20,22,23). The van der Waals surface area contributed by atoms with Gasteiger partial charge >= 0.3 is 0 Å². The molecule has 2 aromatic heterocycles. The van der Waals surface area contributed by atoms with E-state index in [2.05, 4.69) is 25.7 Å². The Morgan fingerprint density at radius 3 is 3.07 bits per heavy atom. The van der Waals surface area contributed by atoms with Crippen molar-refractivity contribution in [3.8, 4) is 0 Å². The smallest absolute Gasteiger partial charge is 0.253 e. The molecule has 1 aromatic carbocycles. The number of amides is 1. The maximum Gasteiger partial charge on any atom is 0.253 e. The van der Waals surface area contributed by atoms with Crippen LogP contribution in [0, 0.1) is 6.92 Å². The van der Waals surface area contributed by atoms with Gasteiger partial charge < -0.3 is 15.4 Å². The molecule has 1 unspecified atom stereocenters. The van der Waals surface area contributed by atoms with Gasteiger partial charge in [0.1, 0.15) is 17.7 Å². The summed E-state index contributed by atoms with van der Waals surface area (Å²) in [6.07, 6.45) is 3.13. The molecule has 3 heterocycles. The fourth-order valence-corrected chi connectivity index (χ4v) is 3.22. The molecule has 0 spiro atoms. The highest BCUT2D eigenvalue weighted by Crippen LogP contribution is 2.21. The largest absolute Gasteiger partial charge is 0.368 e. The average molecular weight is 366 g/mol. The van der Waals surface area contributed by atoms with E-state index in [-0.39, 0.29) is 12.0 Å². The average Bonchev–Trinajstić information content (AvgIpc) is 3.31. The van der Waals surface area contributed by atoms with Gasteiger partial charge in [-0.2, -0.15) is 5.10 Å². The molecule has 0 saturated carbocycles. The third kappa shape index (κ3) is 3.75. The molecule has 8 nitrogen and oxygen atoms in total. The number of ether oxygens (including phenoxy) is 1. The van der Waals surface area contributed by atoms with Gasteiger partial charge in [-0.1, -0.05) is 12.1 Å². The minimum atomic E-state index is -0.338. The van der Waals surface area contributed by atoms with E-state index in [0.29, 0.717) is 19.0 Å². The molecule has 1 saturated heterocycles. The lowest BCUT2D eigenvalue weighted by molar-refractivity contribution is -0.124. The van der Waals surface area contributed by atoms with Crippen molar-refractivity contribution in [1.82, 2.24) is 19.7 Å². The van der Waals surface area contributed by atoms with Crippen molar-refractivity contribution < 1.29 is 9.53 Å². The number of carbonyl (C=O) groups excluding carboxylic acids is 1. The van der Waals surface area contributed by atoms with Crippen molar-refractivity contribution in [1.29, 1.82) is 0 Å². The summed E-state index contributed by atoms with van der Waals surface area (Å²) >= 11 is 0. The summed E-state index contributed by atoms with van der Waals surface area (Å²) in [7, 11) is 1.86. The first-order valence-electron chi connectivity index (χ1n) is 9.02. The van der Waals surface area contributed by atoms with E-state index in [4.69, 9.17) is 4.74 Å². The van der Waals surface area contributed by atoms with Crippen LogP contribution in [0.2, 0.25) is 0 Å². The van der Waals surface area contributed by atoms with Gasteiger partial charge in [-0.05, 0) is 37.5 Å². The van der Waals surface area contributed by atoms with E-state index in [0.717, 1.165) is 40.9 Å². The molecule has 1 aliphatic heterocycles. The number of aryl methyl sites for hydroxylation is 2. The number of anilines is 2. The number of fused-ring (bicyclic) bond motifs is 1. The molecule has 1 aliphatic rings. The number of carbonyl (C=O) groups is 1. The molecule has 27 heavy (non-hydrogen) atoms. The Bertz CT molecular complexity index is 977. The molecule has 1 fully saturated rings. The fourth-order valence-electron chi connectivity index (χ4n) is 3.22. The molecular weight excluding hydrogens is 344 g/mol. The van der Waals surface area contributed by atoms with Gasteiger partial charge in [0.2, 0.25) is 0 Å². The Morgan fingerprint density at radius 2 is 2.26 bits per heavy atom. The molecule has 8 heteroatoms. The van der Waals surface area contributed by atoms with Crippen molar-refractivity contribution in [2.75, 3.05) is 17.2 Å². The lowest BCUT2D eigenvalue weighted by atomic mass is 10.2. The Kier molecular flexibility index (Phi) is 4.72. The van der Waals surface area contributed by atoms with Crippen LogP contribution in [-0.4, -0.2) is 38.4 Å².